The lowest BCUT2D eigenvalue weighted by Gasteiger charge is -2.05. The highest BCUT2D eigenvalue weighted by molar-refractivity contribution is 6.37. The van der Waals surface area contributed by atoms with Crippen LogP contribution in [0.25, 0.3) is 0 Å². The molecule has 1 aromatic rings. The molecule has 0 aliphatic rings. The lowest BCUT2D eigenvalue weighted by molar-refractivity contribution is -0.150. The Morgan fingerprint density at radius 2 is 2.12 bits per heavy atom. The van der Waals surface area contributed by atoms with Crippen LogP contribution >= 0.6 is 0 Å². The number of ether oxygens (including phenoxy) is 1. The highest BCUT2D eigenvalue weighted by Crippen LogP contribution is 2.10. The smallest absolute Gasteiger partial charge is 0.396 e. The molecule has 0 unspecified atom stereocenters. The summed E-state index contributed by atoms with van der Waals surface area (Å²) in [6.45, 7) is 0.696. The quantitative estimate of drug-likeness (QED) is 0.578. The van der Waals surface area contributed by atoms with Crippen LogP contribution in [0.4, 0.5) is 5.69 Å². The number of carbonyl (C=O) groups excluding carboxylic acids is 2. The molecule has 16 heavy (non-hydrogen) atoms. The van der Waals surface area contributed by atoms with Crippen molar-refractivity contribution in [1.82, 2.24) is 5.32 Å². The van der Waals surface area contributed by atoms with Crippen LogP contribution in [0, 0.1) is 0 Å². The SMILES string of the molecule is CNCc1cccc(NC(=O)C(=O)OC)c1. The van der Waals surface area contributed by atoms with Gasteiger partial charge in [0.25, 0.3) is 0 Å². The van der Waals surface area contributed by atoms with E-state index in [-0.39, 0.29) is 0 Å². The molecule has 0 radical (unpaired) electrons. The van der Waals surface area contributed by atoms with Gasteiger partial charge in [0.05, 0.1) is 7.11 Å². The van der Waals surface area contributed by atoms with Crippen molar-refractivity contribution in [2.24, 2.45) is 0 Å². The van der Waals surface area contributed by atoms with Crippen molar-refractivity contribution in [1.29, 1.82) is 0 Å². The van der Waals surface area contributed by atoms with Crippen LogP contribution in [0.15, 0.2) is 24.3 Å². The van der Waals surface area contributed by atoms with Gasteiger partial charge in [0.15, 0.2) is 0 Å². The summed E-state index contributed by atoms with van der Waals surface area (Å²) in [7, 11) is 3.00. The highest BCUT2D eigenvalue weighted by atomic mass is 16.5. The number of esters is 1. The fourth-order valence-electron chi connectivity index (χ4n) is 1.24. The summed E-state index contributed by atoms with van der Waals surface area (Å²) in [5.41, 5.74) is 1.59. The first-order valence-electron chi connectivity index (χ1n) is 4.80. The summed E-state index contributed by atoms with van der Waals surface area (Å²) < 4.78 is 4.30. The van der Waals surface area contributed by atoms with E-state index in [4.69, 9.17) is 0 Å². The fourth-order valence-corrected chi connectivity index (χ4v) is 1.24. The van der Waals surface area contributed by atoms with Gasteiger partial charge >= 0.3 is 11.9 Å². The van der Waals surface area contributed by atoms with E-state index in [1.165, 1.54) is 7.11 Å². The molecule has 86 valence electrons. The molecule has 5 heteroatoms. The number of rotatable bonds is 3. The summed E-state index contributed by atoms with van der Waals surface area (Å²) in [4.78, 5) is 22.1. The predicted molar refractivity (Wildman–Crippen MR) is 59.9 cm³/mol. The van der Waals surface area contributed by atoms with E-state index in [2.05, 4.69) is 15.4 Å². The maximum Gasteiger partial charge on any atom is 0.396 e. The largest absolute Gasteiger partial charge is 0.462 e. The number of amides is 1. The molecule has 0 spiro atoms. The topological polar surface area (TPSA) is 67.4 Å². The van der Waals surface area contributed by atoms with Crippen LogP contribution in [-0.4, -0.2) is 26.0 Å². The normalized spacial score (nSPS) is 9.62. The molecule has 2 N–H and O–H groups in total. The van der Waals surface area contributed by atoms with Crippen molar-refractivity contribution < 1.29 is 14.3 Å². The van der Waals surface area contributed by atoms with Crippen molar-refractivity contribution >= 4 is 17.6 Å². The summed E-state index contributed by atoms with van der Waals surface area (Å²) in [6, 6.07) is 7.22. The molecule has 1 aromatic carbocycles. The number of hydrogen-bond acceptors (Lipinski definition) is 4. The van der Waals surface area contributed by atoms with Crippen molar-refractivity contribution in [2.45, 2.75) is 6.54 Å². The number of carbonyl (C=O) groups is 2. The molecular formula is C11H14N2O3. The number of methoxy groups -OCH3 is 1. The van der Waals surface area contributed by atoms with Crippen molar-refractivity contribution in [3.63, 3.8) is 0 Å². The molecule has 0 atom stereocenters. The van der Waals surface area contributed by atoms with E-state index >= 15 is 0 Å². The van der Waals surface area contributed by atoms with Crippen molar-refractivity contribution in [3.8, 4) is 0 Å². The van der Waals surface area contributed by atoms with Gasteiger partial charge < -0.3 is 15.4 Å². The van der Waals surface area contributed by atoms with Crippen molar-refractivity contribution in [2.75, 3.05) is 19.5 Å². The van der Waals surface area contributed by atoms with Gasteiger partial charge in [-0.1, -0.05) is 12.1 Å². The highest BCUT2D eigenvalue weighted by Gasteiger charge is 2.13. The van der Waals surface area contributed by atoms with Crippen LogP contribution in [-0.2, 0) is 20.9 Å². The van der Waals surface area contributed by atoms with E-state index in [0.29, 0.717) is 12.2 Å². The van der Waals surface area contributed by atoms with Gasteiger partial charge in [-0.15, -0.1) is 0 Å². The molecule has 0 bridgehead atoms. The Kier molecular flexibility index (Phi) is 4.47. The fraction of sp³-hybridized carbons (Fsp3) is 0.273. The standard InChI is InChI=1S/C11H14N2O3/c1-12-7-8-4-3-5-9(6-8)13-10(14)11(15)16-2/h3-6,12H,7H2,1-2H3,(H,13,14). The maximum atomic E-state index is 11.2. The molecular weight excluding hydrogens is 208 g/mol. The first-order chi connectivity index (χ1) is 7.67. The van der Waals surface area contributed by atoms with Crippen LogP contribution in [0.3, 0.4) is 0 Å². The molecule has 5 nitrogen and oxygen atoms in total. The molecule has 0 fully saturated rings. The second-order valence-corrected chi connectivity index (χ2v) is 3.18. The Bertz CT molecular complexity index is 391. The zero-order chi connectivity index (χ0) is 12.0. The molecule has 1 rings (SSSR count). The van der Waals surface area contributed by atoms with E-state index in [1.54, 1.807) is 18.2 Å². The Labute approximate surface area is 93.8 Å². The van der Waals surface area contributed by atoms with Gasteiger partial charge in [0.1, 0.15) is 0 Å². The van der Waals surface area contributed by atoms with E-state index in [9.17, 15) is 9.59 Å². The second kappa shape index (κ2) is 5.87. The average molecular weight is 222 g/mol. The third-order valence-corrected chi connectivity index (χ3v) is 1.94. The van der Waals surface area contributed by atoms with E-state index in [1.807, 2.05) is 13.1 Å². The minimum Gasteiger partial charge on any atom is -0.462 e. The summed E-state index contributed by atoms with van der Waals surface area (Å²) in [5.74, 6) is -1.68. The Morgan fingerprint density at radius 3 is 2.75 bits per heavy atom. The van der Waals surface area contributed by atoms with Gasteiger partial charge in [0.2, 0.25) is 0 Å². The summed E-state index contributed by atoms with van der Waals surface area (Å²) in [5, 5.41) is 5.44. The average Bonchev–Trinajstić information content (AvgIpc) is 2.29. The third-order valence-electron chi connectivity index (χ3n) is 1.94. The van der Waals surface area contributed by atoms with Crippen LogP contribution in [0.2, 0.25) is 0 Å². The van der Waals surface area contributed by atoms with Gasteiger partial charge in [-0.3, -0.25) is 4.79 Å². The molecule has 0 aliphatic carbocycles. The minimum absolute atomic E-state index is 0.572. The number of nitrogens with one attached hydrogen (secondary N) is 2. The predicted octanol–water partition coefficient (Wildman–Crippen LogP) is 0.517. The van der Waals surface area contributed by atoms with Crippen LogP contribution < -0.4 is 10.6 Å². The van der Waals surface area contributed by atoms with Gasteiger partial charge in [-0.05, 0) is 24.7 Å². The number of anilines is 1. The van der Waals surface area contributed by atoms with Gasteiger partial charge in [-0.2, -0.15) is 0 Å². The first kappa shape index (κ1) is 12.2. The lowest BCUT2D eigenvalue weighted by Crippen LogP contribution is -2.23. The van der Waals surface area contributed by atoms with Crippen LogP contribution in [0.5, 0.6) is 0 Å². The molecule has 1 amide bonds. The molecule has 0 aliphatic heterocycles. The Morgan fingerprint density at radius 1 is 1.38 bits per heavy atom. The summed E-state index contributed by atoms with van der Waals surface area (Å²) in [6.07, 6.45) is 0. The lowest BCUT2D eigenvalue weighted by atomic mass is 10.2. The third kappa shape index (κ3) is 3.36. The zero-order valence-electron chi connectivity index (χ0n) is 9.24. The minimum atomic E-state index is -0.904. The zero-order valence-corrected chi connectivity index (χ0v) is 9.24. The van der Waals surface area contributed by atoms with E-state index in [0.717, 1.165) is 5.56 Å². The monoisotopic (exact) mass is 222 g/mol. The second-order valence-electron chi connectivity index (χ2n) is 3.18. The Hall–Kier alpha value is -1.88. The number of hydrogen-bond donors (Lipinski definition) is 2. The first-order valence-corrected chi connectivity index (χ1v) is 4.80. The number of benzene rings is 1. The molecule has 0 heterocycles. The summed E-state index contributed by atoms with van der Waals surface area (Å²) >= 11 is 0. The Balaban J connectivity index is 2.70. The van der Waals surface area contributed by atoms with E-state index < -0.39 is 11.9 Å². The van der Waals surface area contributed by atoms with Crippen molar-refractivity contribution in [3.05, 3.63) is 29.8 Å². The van der Waals surface area contributed by atoms with Crippen LogP contribution in [0.1, 0.15) is 5.56 Å². The van der Waals surface area contributed by atoms with Gasteiger partial charge in [0, 0.05) is 12.2 Å². The molecule has 0 saturated carbocycles. The maximum absolute atomic E-state index is 11.2. The van der Waals surface area contributed by atoms with Gasteiger partial charge in [-0.25, -0.2) is 4.79 Å². The molecule has 0 aromatic heterocycles. The molecule has 0 saturated heterocycles.